The maximum Gasteiger partial charge on any atom is 0.363 e. The molecule has 0 unspecified atom stereocenters. The number of phenols is 9. The fourth-order valence-corrected chi connectivity index (χ4v) is 9.46. The summed E-state index contributed by atoms with van der Waals surface area (Å²) in [7, 11) is -26.3. The molecule has 0 heterocycles. The van der Waals surface area contributed by atoms with E-state index < -0.39 is 132 Å². The van der Waals surface area contributed by atoms with Gasteiger partial charge in [0, 0.05) is 28.7 Å². The van der Waals surface area contributed by atoms with Gasteiger partial charge in [-0.05, 0) is 13.3 Å². The third-order valence-electron chi connectivity index (χ3n) is 6.87. The Morgan fingerprint density at radius 1 is 0.550 bits per heavy atom. The summed E-state index contributed by atoms with van der Waals surface area (Å²) in [4.78, 5) is 51.8. The lowest BCUT2D eigenvalue weighted by atomic mass is 10.0. The highest BCUT2D eigenvalue weighted by molar-refractivity contribution is 7.95. The molecule has 0 spiro atoms. The summed E-state index contributed by atoms with van der Waals surface area (Å²) in [5.74, 6) is -11.5. The summed E-state index contributed by atoms with van der Waals surface area (Å²) in [6.45, 7) is 2.72. The lowest BCUT2D eigenvalue weighted by molar-refractivity contribution is -0.432. The molecule has 0 radical (unpaired) electrons. The van der Waals surface area contributed by atoms with Gasteiger partial charge in [0.15, 0.2) is 27.9 Å². The summed E-state index contributed by atoms with van der Waals surface area (Å²) in [6, 6.07) is 0. The Labute approximate surface area is 341 Å². The summed E-state index contributed by atoms with van der Waals surface area (Å²) < 4.78 is 103. The Balaban J connectivity index is 0.000000452. The molecule has 0 aromatic heterocycles. The monoisotopic (exact) mass is 1010 g/mol. The maximum absolute atomic E-state index is 11.1. The minimum absolute atomic E-state index is 0.00645. The van der Waals surface area contributed by atoms with Crippen LogP contribution < -0.4 is 15.9 Å². The van der Waals surface area contributed by atoms with Crippen LogP contribution >= 0.6 is 46.9 Å². The molecule has 3 rings (SSSR count). The van der Waals surface area contributed by atoms with E-state index in [1.165, 1.54) is 0 Å². The summed E-state index contributed by atoms with van der Waals surface area (Å²) in [5.41, 5.74) is -0.894. The molecule has 30 nitrogen and oxygen atoms in total. The van der Waals surface area contributed by atoms with Crippen LogP contribution in [0.1, 0.15) is 29.2 Å². The van der Waals surface area contributed by atoms with Crippen LogP contribution in [-0.4, -0.2) is 112 Å². The van der Waals surface area contributed by atoms with Crippen LogP contribution in [0.2, 0.25) is 0 Å². The molecule has 0 amide bonds. The first-order valence-corrected chi connectivity index (χ1v) is 23.8. The highest BCUT2D eigenvalue weighted by atomic mass is 32.2. The zero-order valence-corrected chi connectivity index (χ0v) is 35.0. The second-order valence-corrected chi connectivity index (χ2v) is 19.5. The van der Waals surface area contributed by atoms with Crippen LogP contribution in [0.4, 0.5) is 0 Å². The first-order valence-electron chi connectivity index (χ1n) is 14.2. The Bertz CT molecular complexity index is 2340. The van der Waals surface area contributed by atoms with Crippen LogP contribution in [0, 0.1) is 6.92 Å². The van der Waals surface area contributed by atoms with Crippen LogP contribution in [0.5, 0.6) is 51.7 Å². The Morgan fingerprint density at radius 2 is 0.933 bits per heavy atom. The Kier molecular flexibility index (Phi) is 18.8. The molecule has 3 aromatic carbocycles. The molecule has 0 bridgehead atoms. The van der Waals surface area contributed by atoms with E-state index in [4.69, 9.17) is 49.0 Å². The normalized spacial score (nSPS) is 12.3. The van der Waals surface area contributed by atoms with Crippen molar-refractivity contribution in [3.8, 4) is 51.7 Å². The first kappa shape index (κ1) is 54.6. The van der Waals surface area contributed by atoms with Crippen molar-refractivity contribution in [3.63, 3.8) is 0 Å². The van der Waals surface area contributed by atoms with Crippen molar-refractivity contribution in [1.29, 1.82) is 0 Å². The number of aromatic hydroxyl groups is 9. The summed E-state index contributed by atoms with van der Waals surface area (Å²) in [6.07, 6.45) is 0.144. The molecule has 0 aliphatic carbocycles. The van der Waals surface area contributed by atoms with Crippen molar-refractivity contribution in [2.45, 2.75) is 41.6 Å². The minimum atomic E-state index is -5.60. The SMILES string of the molecule is CCc1c(O)c(CSOOO)c(O)c(CS(=O)(=O)O)c1O.Cc1c(O)c(SOOO)c(O)c(S(=O)(=O)O)c1O.O=P(O)(O)c1c(O)c(P(=O)(O)O)c(O)c(P(=O)(O)O)c1O. The molecule has 0 saturated heterocycles. The predicted molar refractivity (Wildman–Crippen MR) is 195 cm³/mol. The van der Waals surface area contributed by atoms with Gasteiger partial charge in [0.25, 0.3) is 10.1 Å². The molecular formula is C23H31O30P3S4. The van der Waals surface area contributed by atoms with Crippen molar-refractivity contribution in [1.82, 2.24) is 0 Å². The topological polar surface area (TPSA) is 541 Å². The third-order valence-corrected chi connectivity index (χ3v) is 12.7. The van der Waals surface area contributed by atoms with E-state index in [0.29, 0.717) is 12.0 Å². The van der Waals surface area contributed by atoms with Crippen LogP contribution in [-0.2, 0) is 70.6 Å². The van der Waals surface area contributed by atoms with E-state index in [1.807, 2.05) is 0 Å². The van der Waals surface area contributed by atoms with Crippen molar-refractivity contribution in [2.24, 2.45) is 0 Å². The quantitative estimate of drug-likeness (QED) is 0.0238. The fourth-order valence-electron chi connectivity index (χ4n) is 4.43. The van der Waals surface area contributed by atoms with E-state index in [9.17, 15) is 76.5 Å². The molecule has 60 heavy (non-hydrogen) atoms. The van der Waals surface area contributed by atoms with E-state index in [0.717, 1.165) is 6.92 Å². The van der Waals surface area contributed by atoms with Gasteiger partial charge >= 0.3 is 32.9 Å². The average Bonchev–Trinajstić information content (AvgIpc) is 3.05. The van der Waals surface area contributed by atoms with Crippen molar-refractivity contribution in [3.05, 3.63) is 22.3 Å². The third kappa shape index (κ3) is 13.3. The van der Waals surface area contributed by atoms with Gasteiger partial charge in [-0.3, -0.25) is 22.8 Å². The van der Waals surface area contributed by atoms with E-state index in [2.05, 4.69) is 18.7 Å². The zero-order chi connectivity index (χ0) is 47.3. The van der Waals surface area contributed by atoms with Crippen LogP contribution in [0.15, 0.2) is 9.79 Å². The number of hydrogen-bond acceptors (Lipinski definition) is 24. The standard InChI is InChI=1S/C10H14O9S2.C7H8O9S2.C6H9O12P3/c1-2-5-8(11)6(3-20-19-18-14)10(13)7(9(5)12)4-21(15,16)17;1-2-3(8)6(17-16-15-11)5(10)7(4(2)9)18(12,13)14;7-1-4(19(10,11)12)2(8)6(21(16,17)18)3(9)5(1)20(13,14)15/h11-14H,2-4H2,1H3,(H,15,16,17);8-11H,1H3,(H,12,13,14);7-9H,(H2,10,11,12)(H2,13,14,15)(H2,16,17,18). The van der Waals surface area contributed by atoms with Crippen molar-refractivity contribution < 1.29 is 144 Å². The fraction of sp³-hybridized carbons (Fsp3) is 0.217. The molecule has 0 saturated carbocycles. The van der Waals surface area contributed by atoms with Gasteiger partial charge in [0.05, 0.1) is 23.4 Å². The van der Waals surface area contributed by atoms with Gasteiger partial charge < -0.3 is 75.3 Å². The molecule has 0 aliphatic rings. The lowest BCUT2D eigenvalue weighted by Crippen LogP contribution is -2.25. The second kappa shape index (κ2) is 20.6. The van der Waals surface area contributed by atoms with Crippen molar-refractivity contribution in [2.75, 3.05) is 0 Å². The zero-order valence-electron chi connectivity index (χ0n) is 29.1. The summed E-state index contributed by atoms with van der Waals surface area (Å²) in [5, 5.41) is 104. The van der Waals surface area contributed by atoms with Gasteiger partial charge in [0.2, 0.25) is 0 Å². The van der Waals surface area contributed by atoms with Gasteiger partial charge in [0.1, 0.15) is 55.3 Å². The van der Waals surface area contributed by atoms with Gasteiger partial charge in [-0.15, -0.1) is 8.67 Å². The van der Waals surface area contributed by atoms with E-state index in [1.54, 1.807) is 6.92 Å². The average molecular weight is 1010 g/mol. The molecule has 19 N–H and O–H groups in total. The number of hydrogen-bond donors (Lipinski definition) is 19. The van der Waals surface area contributed by atoms with E-state index >= 15 is 0 Å². The maximum atomic E-state index is 11.1. The molecule has 0 aliphatic heterocycles. The summed E-state index contributed by atoms with van der Waals surface area (Å²) >= 11 is 0.569. The molecule has 37 heteroatoms. The van der Waals surface area contributed by atoms with Gasteiger partial charge in [-0.2, -0.15) is 16.8 Å². The highest BCUT2D eigenvalue weighted by Crippen LogP contribution is 2.52. The Hall–Kier alpha value is -3.41. The molecule has 0 fully saturated rings. The largest absolute Gasteiger partial charge is 0.507 e. The van der Waals surface area contributed by atoms with Gasteiger partial charge in [-0.25, -0.2) is 10.5 Å². The minimum Gasteiger partial charge on any atom is -0.507 e. The molecule has 3 aromatic rings. The predicted octanol–water partition coefficient (Wildman–Crippen LogP) is -0.678. The highest BCUT2D eigenvalue weighted by Gasteiger charge is 2.43. The van der Waals surface area contributed by atoms with Crippen LogP contribution in [0.3, 0.4) is 0 Å². The van der Waals surface area contributed by atoms with Crippen molar-refractivity contribution >= 4 is 83.0 Å². The Morgan fingerprint density at radius 3 is 1.27 bits per heavy atom. The second-order valence-electron chi connectivity index (χ2n) is 10.7. The van der Waals surface area contributed by atoms with Gasteiger partial charge in [-0.1, -0.05) is 17.0 Å². The first-order chi connectivity index (χ1) is 27.0. The smallest absolute Gasteiger partial charge is 0.363 e. The molecule has 342 valence electrons. The van der Waals surface area contributed by atoms with E-state index in [-0.39, 0.29) is 40.9 Å². The molecular weight excluding hydrogens is 977 g/mol. The van der Waals surface area contributed by atoms with Crippen LogP contribution in [0.25, 0.3) is 0 Å². The number of benzene rings is 3. The number of phenolic OH excluding ortho intramolecular Hbond substituents is 9. The lowest BCUT2D eigenvalue weighted by Gasteiger charge is -2.19. The molecule has 0 atom stereocenters. The number of rotatable bonds is 14.